The molecule has 2 rings (SSSR count). The van der Waals surface area contributed by atoms with Crippen molar-refractivity contribution in [3.63, 3.8) is 0 Å². The molecule has 6 nitrogen and oxygen atoms in total. The number of nitrogens with one attached hydrogen (secondary N) is 2. The highest BCUT2D eigenvalue weighted by Gasteiger charge is 2.29. The highest BCUT2D eigenvalue weighted by Crippen LogP contribution is 2.20. The summed E-state index contributed by atoms with van der Waals surface area (Å²) in [5, 5.41) is 6.62. The topological polar surface area (TPSA) is 73.8 Å². The van der Waals surface area contributed by atoms with Gasteiger partial charge in [-0.15, -0.1) is 0 Å². The summed E-state index contributed by atoms with van der Waals surface area (Å²) in [4.78, 5) is 6.78. The van der Waals surface area contributed by atoms with E-state index in [2.05, 4.69) is 57.8 Å². The van der Waals surface area contributed by atoms with Crippen molar-refractivity contribution < 1.29 is 8.42 Å². The third-order valence-electron chi connectivity index (χ3n) is 5.40. The first-order valence-corrected chi connectivity index (χ1v) is 11.7. The Kier molecular flexibility index (Phi) is 7.89. The molecule has 1 aliphatic rings. The maximum atomic E-state index is 12.2. The summed E-state index contributed by atoms with van der Waals surface area (Å²) < 4.78 is 23.7. The Balaban J connectivity index is 1.80. The molecule has 158 valence electrons. The fourth-order valence-corrected chi connectivity index (χ4v) is 4.39. The first-order chi connectivity index (χ1) is 13.1. The largest absolute Gasteiger partial charge is 0.355 e. The van der Waals surface area contributed by atoms with Crippen LogP contribution in [0.25, 0.3) is 0 Å². The van der Waals surface area contributed by atoms with Crippen LogP contribution in [-0.4, -0.2) is 62.0 Å². The number of guanidine groups is 1. The Hall–Kier alpha value is -1.60. The first kappa shape index (κ1) is 22.7. The van der Waals surface area contributed by atoms with Gasteiger partial charge in [0, 0.05) is 38.8 Å². The molecule has 1 aliphatic heterocycles. The van der Waals surface area contributed by atoms with Crippen molar-refractivity contribution in [2.45, 2.75) is 63.9 Å². The molecule has 1 saturated heterocycles. The van der Waals surface area contributed by atoms with Crippen molar-refractivity contribution in [3.05, 3.63) is 35.9 Å². The predicted molar refractivity (Wildman–Crippen MR) is 117 cm³/mol. The van der Waals surface area contributed by atoms with Gasteiger partial charge in [0.1, 0.15) is 0 Å². The molecule has 0 saturated carbocycles. The number of likely N-dealkylation sites (tertiary alicyclic amines) is 1. The molecule has 1 aromatic rings. The normalized spacial score (nSPS) is 22.1. The maximum Gasteiger partial charge on any atom is 0.191 e. The lowest BCUT2D eigenvalue weighted by molar-refractivity contribution is 0.134. The van der Waals surface area contributed by atoms with Crippen LogP contribution in [-0.2, 0) is 16.4 Å². The van der Waals surface area contributed by atoms with Crippen molar-refractivity contribution >= 4 is 15.8 Å². The molecule has 28 heavy (non-hydrogen) atoms. The molecule has 0 aliphatic carbocycles. The number of sulfone groups is 1. The number of hydrogen-bond donors (Lipinski definition) is 2. The van der Waals surface area contributed by atoms with Crippen LogP contribution >= 0.6 is 0 Å². The molecule has 0 spiro atoms. The molecule has 0 aromatic heterocycles. The third kappa shape index (κ3) is 6.48. The van der Waals surface area contributed by atoms with Crippen LogP contribution in [0, 0.1) is 0 Å². The van der Waals surface area contributed by atoms with E-state index < -0.39 is 14.6 Å². The third-order valence-corrected chi connectivity index (χ3v) is 8.01. The standard InChI is InChI=1S/C21H36N4O2S/c1-17-15-19(11-13-25(17)16-18-9-7-6-8-10-18)24-20(22-5)23-12-14-28(26,27)21(2,3)4/h6-10,17,19H,11-16H2,1-5H3,(H2,22,23,24). The van der Waals surface area contributed by atoms with E-state index >= 15 is 0 Å². The number of rotatable bonds is 6. The summed E-state index contributed by atoms with van der Waals surface area (Å²) in [7, 11) is -1.41. The fourth-order valence-electron chi connectivity index (χ4n) is 3.40. The zero-order valence-corrected chi connectivity index (χ0v) is 18.7. The van der Waals surface area contributed by atoms with Gasteiger partial charge in [-0.3, -0.25) is 9.89 Å². The maximum absolute atomic E-state index is 12.2. The SMILES string of the molecule is CN=C(NCCS(=O)(=O)C(C)(C)C)NC1CCN(Cc2ccccc2)C(C)C1. The quantitative estimate of drug-likeness (QED) is 0.559. The Morgan fingerprint density at radius 1 is 1.25 bits per heavy atom. The molecule has 1 heterocycles. The van der Waals surface area contributed by atoms with Crippen molar-refractivity contribution in [2.24, 2.45) is 4.99 Å². The molecule has 0 bridgehead atoms. The van der Waals surface area contributed by atoms with E-state index in [1.807, 2.05) is 0 Å². The predicted octanol–water partition coefficient (Wildman–Crippen LogP) is 2.42. The molecular weight excluding hydrogens is 372 g/mol. The second kappa shape index (κ2) is 9.74. The van der Waals surface area contributed by atoms with E-state index in [-0.39, 0.29) is 5.75 Å². The van der Waals surface area contributed by atoms with E-state index in [9.17, 15) is 8.42 Å². The van der Waals surface area contributed by atoms with Gasteiger partial charge < -0.3 is 10.6 Å². The van der Waals surface area contributed by atoms with Gasteiger partial charge >= 0.3 is 0 Å². The van der Waals surface area contributed by atoms with Gasteiger partial charge in [0.2, 0.25) is 0 Å². The summed E-state index contributed by atoms with van der Waals surface area (Å²) in [5.74, 6) is 0.779. The van der Waals surface area contributed by atoms with Gasteiger partial charge in [0.05, 0.1) is 10.5 Å². The molecule has 0 amide bonds. The van der Waals surface area contributed by atoms with Crippen molar-refractivity contribution in [3.8, 4) is 0 Å². The summed E-state index contributed by atoms with van der Waals surface area (Å²) in [6.07, 6.45) is 2.08. The minimum atomic E-state index is -3.13. The van der Waals surface area contributed by atoms with Crippen LogP contribution in [0.1, 0.15) is 46.1 Å². The molecule has 0 radical (unpaired) electrons. The van der Waals surface area contributed by atoms with E-state index in [0.29, 0.717) is 24.6 Å². The minimum absolute atomic E-state index is 0.100. The average molecular weight is 409 g/mol. The van der Waals surface area contributed by atoms with Gasteiger partial charge in [-0.25, -0.2) is 8.42 Å². The lowest BCUT2D eigenvalue weighted by atomic mass is 9.97. The monoisotopic (exact) mass is 408 g/mol. The van der Waals surface area contributed by atoms with Crippen molar-refractivity contribution in [1.82, 2.24) is 15.5 Å². The van der Waals surface area contributed by atoms with E-state index in [1.165, 1.54) is 5.56 Å². The van der Waals surface area contributed by atoms with Crippen molar-refractivity contribution in [1.29, 1.82) is 0 Å². The van der Waals surface area contributed by atoms with Gasteiger partial charge in [-0.1, -0.05) is 30.3 Å². The molecule has 7 heteroatoms. The Morgan fingerprint density at radius 3 is 2.50 bits per heavy atom. The van der Waals surface area contributed by atoms with Crippen LogP contribution in [0.3, 0.4) is 0 Å². The molecule has 2 unspecified atom stereocenters. The molecule has 2 atom stereocenters. The number of benzene rings is 1. The van der Waals surface area contributed by atoms with Crippen LogP contribution in [0.4, 0.5) is 0 Å². The molecular formula is C21H36N4O2S. The number of hydrogen-bond acceptors (Lipinski definition) is 4. The van der Waals surface area contributed by atoms with Crippen molar-refractivity contribution in [2.75, 3.05) is 25.9 Å². The number of nitrogens with zero attached hydrogens (tertiary/aromatic N) is 2. The average Bonchev–Trinajstić information content (AvgIpc) is 2.63. The number of aliphatic imine (C=N–C) groups is 1. The highest BCUT2D eigenvalue weighted by molar-refractivity contribution is 7.92. The fraction of sp³-hybridized carbons (Fsp3) is 0.667. The Morgan fingerprint density at radius 2 is 1.93 bits per heavy atom. The van der Waals surface area contributed by atoms with E-state index in [0.717, 1.165) is 25.9 Å². The Bertz CT molecular complexity index is 741. The molecule has 2 N–H and O–H groups in total. The summed E-state index contributed by atoms with van der Waals surface area (Å²) in [6, 6.07) is 11.4. The summed E-state index contributed by atoms with van der Waals surface area (Å²) in [5.41, 5.74) is 1.35. The summed E-state index contributed by atoms with van der Waals surface area (Å²) in [6.45, 7) is 9.85. The van der Waals surface area contributed by atoms with Gasteiger partial charge in [-0.2, -0.15) is 0 Å². The number of piperidine rings is 1. The van der Waals surface area contributed by atoms with E-state index in [4.69, 9.17) is 0 Å². The van der Waals surface area contributed by atoms with E-state index in [1.54, 1.807) is 27.8 Å². The van der Waals surface area contributed by atoms with Gasteiger partial charge in [-0.05, 0) is 46.1 Å². The van der Waals surface area contributed by atoms with Crippen LogP contribution in [0.15, 0.2) is 35.3 Å². The zero-order chi connectivity index (χ0) is 20.8. The molecule has 1 fully saturated rings. The first-order valence-electron chi connectivity index (χ1n) is 10.1. The van der Waals surface area contributed by atoms with Crippen LogP contribution in [0.5, 0.6) is 0 Å². The second-order valence-electron chi connectivity index (χ2n) is 8.60. The minimum Gasteiger partial charge on any atom is -0.355 e. The van der Waals surface area contributed by atoms with Gasteiger partial charge in [0.25, 0.3) is 0 Å². The smallest absolute Gasteiger partial charge is 0.191 e. The molecule has 1 aromatic carbocycles. The summed E-state index contributed by atoms with van der Waals surface area (Å²) >= 11 is 0. The second-order valence-corrected chi connectivity index (χ2v) is 11.5. The van der Waals surface area contributed by atoms with Crippen LogP contribution in [0.2, 0.25) is 0 Å². The van der Waals surface area contributed by atoms with Crippen LogP contribution < -0.4 is 10.6 Å². The highest BCUT2D eigenvalue weighted by atomic mass is 32.2. The Labute approximate surface area is 170 Å². The lowest BCUT2D eigenvalue weighted by Crippen LogP contribution is -2.51. The lowest BCUT2D eigenvalue weighted by Gasteiger charge is -2.38. The zero-order valence-electron chi connectivity index (χ0n) is 17.9. The van der Waals surface area contributed by atoms with Gasteiger partial charge in [0.15, 0.2) is 15.8 Å².